The Hall–Kier alpha value is -1.86. The van der Waals surface area contributed by atoms with Crippen LogP contribution in [0, 0.1) is 13.8 Å². The van der Waals surface area contributed by atoms with Gasteiger partial charge < -0.3 is 5.32 Å². The van der Waals surface area contributed by atoms with Gasteiger partial charge in [-0.05, 0) is 43.5 Å². The lowest BCUT2D eigenvalue weighted by atomic mass is 9.94. The van der Waals surface area contributed by atoms with E-state index < -0.39 is 0 Å². The molecule has 0 saturated carbocycles. The summed E-state index contributed by atoms with van der Waals surface area (Å²) in [5.41, 5.74) is 5.31. The Bertz CT molecular complexity index is 557. The van der Waals surface area contributed by atoms with E-state index in [4.69, 9.17) is 0 Å². The van der Waals surface area contributed by atoms with Crippen molar-refractivity contribution in [3.05, 3.63) is 83.4 Å². The number of benzene rings is 2. The third-order valence-electron chi connectivity index (χ3n) is 3.57. The Morgan fingerprint density at radius 3 is 2.50 bits per heavy atom. The van der Waals surface area contributed by atoms with E-state index in [1.54, 1.807) is 0 Å². The Morgan fingerprint density at radius 2 is 1.85 bits per heavy atom. The summed E-state index contributed by atoms with van der Waals surface area (Å²) in [7, 11) is 0. The minimum atomic E-state index is 0.247. The van der Waals surface area contributed by atoms with Crippen molar-refractivity contribution in [1.82, 2.24) is 5.32 Å². The molecule has 1 heteroatoms. The molecule has 0 radical (unpaired) electrons. The molecule has 20 heavy (non-hydrogen) atoms. The van der Waals surface area contributed by atoms with E-state index in [0.717, 1.165) is 13.0 Å². The number of aryl methyl sites for hydroxylation is 2. The first-order valence-corrected chi connectivity index (χ1v) is 7.18. The molecular weight excluding hydrogens is 242 g/mol. The van der Waals surface area contributed by atoms with Crippen molar-refractivity contribution in [3.8, 4) is 0 Å². The second-order valence-electron chi connectivity index (χ2n) is 5.24. The van der Waals surface area contributed by atoms with Gasteiger partial charge in [-0.2, -0.15) is 0 Å². The van der Waals surface area contributed by atoms with Gasteiger partial charge in [-0.25, -0.2) is 0 Å². The predicted octanol–water partition coefficient (Wildman–Crippen LogP) is 4.56. The molecule has 1 atom stereocenters. The highest BCUT2D eigenvalue weighted by atomic mass is 14.9. The maximum atomic E-state index is 3.79. The molecule has 1 nitrogen and oxygen atoms in total. The van der Waals surface area contributed by atoms with Gasteiger partial charge in [0.1, 0.15) is 0 Å². The molecule has 0 aliphatic rings. The summed E-state index contributed by atoms with van der Waals surface area (Å²) in [6.07, 6.45) is 2.94. The van der Waals surface area contributed by atoms with E-state index >= 15 is 0 Å². The number of rotatable bonds is 6. The predicted molar refractivity (Wildman–Crippen MR) is 87.0 cm³/mol. The smallest absolute Gasteiger partial charge is 0.0579 e. The normalized spacial score (nSPS) is 12.1. The molecule has 2 aromatic carbocycles. The standard InChI is InChI=1S/C19H23N/c1-4-5-13-20-19(17-9-7-6-8-10-17)18-12-11-15(2)14-16(18)3/h4,6-12,14,19-20H,1,5,13H2,2-3H3. The largest absolute Gasteiger partial charge is 0.306 e. The van der Waals surface area contributed by atoms with Gasteiger partial charge in [0, 0.05) is 0 Å². The van der Waals surface area contributed by atoms with Crippen molar-refractivity contribution in [2.24, 2.45) is 0 Å². The fourth-order valence-electron chi connectivity index (χ4n) is 2.53. The highest BCUT2D eigenvalue weighted by Gasteiger charge is 2.14. The van der Waals surface area contributed by atoms with Crippen LogP contribution in [0.4, 0.5) is 0 Å². The zero-order chi connectivity index (χ0) is 14.4. The van der Waals surface area contributed by atoms with Gasteiger partial charge in [-0.15, -0.1) is 6.58 Å². The Morgan fingerprint density at radius 1 is 1.10 bits per heavy atom. The molecule has 0 aromatic heterocycles. The average molecular weight is 265 g/mol. The second kappa shape index (κ2) is 7.06. The number of nitrogens with one attached hydrogen (secondary N) is 1. The van der Waals surface area contributed by atoms with Crippen LogP contribution in [0.1, 0.15) is 34.7 Å². The fourth-order valence-corrected chi connectivity index (χ4v) is 2.53. The van der Waals surface area contributed by atoms with Crippen LogP contribution >= 0.6 is 0 Å². The van der Waals surface area contributed by atoms with Crippen LogP contribution < -0.4 is 5.32 Å². The zero-order valence-corrected chi connectivity index (χ0v) is 12.4. The zero-order valence-electron chi connectivity index (χ0n) is 12.4. The van der Waals surface area contributed by atoms with Gasteiger partial charge in [-0.3, -0.25) is 0 Å². The van der Waals surface area contributed by atoms with Gasteiger partial charge in [0.05, 0.1) is 6.04 Å². The summed E-state index contributed by atoms with van der Waals surface area (Å²) in [5.74, 6) is 0. The number of hydrogen-bond acceptors (Lipinski definition) is 1. The van der Waals surface area contributed by atoms with Crippen LogP contribution in [0.25, 0.3) is 0 Å². The van der Waals surface area contributed by atoms with Crippen LogP contribution in [0.15, 0.2) is 61.2 Å². The summed E-state index contributed by atoms with van der Waals surface area (Å²) >= 11 is 0. The molecule has 1 unspecified atom stereocenters. The summed E-state index contributed by atoms with van der Waals surface area (Å²) in [6, 6.07) is 17.6. The van der Waals surface area contributed by atoms with Gasteiger partial charge in [0.15, 0.2) is 0 Å². The van der Waals surface area contributed by atoms with Crippen molar-refractivity contribution in [2.45, 2.75) is 26.3 Å². The summed E-state index contributed by atoms with van der Waals surface area (Å²) < 4.78 is 0. The highest BCUT2D eigenvalue weighted by Crippen LogP contribution is 2.25. The molecule has 0 heterocycles. The molecule has 0 fully saturated rings. The van der Waals surface area contributed by atoms with Crippen LogP contribution in [-0.2, 0) is 0 Å². The SMILES string of the molecule is C=CCCNC(c1ccccc1)c1ccc(C)cc1C. The first-order valence-electron chi connectivity index (χ1n) is 7.18. The van der Waals surface area contributed by atoms with Crippen LogP contribution in [-0.4, -0.2) is 6.54 Å². The van der Waals surface area contributed by atoms with Crippen molar-refractivity contribution in [3.63, 3.8) is 0 Å². The molecule has 0 bridgehead atoms. The van der Waals surface area contributed by atoms with E-state index in [-0.39, 0.29) is 6.04 Å². The van der Waals surface area contributed by atoms with Crippen molar-refractivity contribution in [1.29, 1.82) is 0 Å². The van der Waals surface area contributed by atoms with Gasteiger partial charge >= 0.3 is 0 Å². The highest BCUT2D eigenvalue weighted by molar-refractivity contribution is 5.38. The van der Waals surface area contributed by atoms with Gasteiger partial charge in [0.2, 0.25) is 0 Å². The lowest BCUT2D eigenvalue weighted by molar-refractivity contribution is 0.608. The van der Waals surface area contributed by atoms with Gasteiger partial charge in [-0.1, -0.05) is 60.2 Å². The van der Waals surface area contributed by atoms with E-state index in [9.17, 15) is 0 Å². The minimum Gasteiger partial charge on any atom is -0.306 e. The molecular formula is C19H23N. The Labute approximate surface area is 122 Å². The molecule has 1 N–H and O–H groups in total. The molecule has 0 spiro atoms. The van der Waals surface area contributed by atoms with E-state index in [0.29, 0.717) is 0 Å². The second-order valence-corrected chi connectivity index (χ2v) is 5.24. The third-order valence-corrected chi connectivity index (χ3v) is 3.57. The Balaban J connectivity index is 2.32. The topological polar surface area (TPSA) is 12.0 Å². The maximum Gasteiger partial charge on any atom is 0.0579 e. The quantitative estimate of drug-likeness (QED) is 0.596. The fraction of sp³-hybridized carbons (Fsp3) is 0.263. The minimum absolute atomic E-state index is 0.247. The molecule has 2 rings (SSSR count). The molecule has 0 saturated heterocycles. The van der Waals surface area contributed by atoms with E-state index in [1.165, 1.54) is 22.3 Å². The van der Waals surface area contributed by atoms with Crippen LogP contribution in [0.2, 0.25) is 0 Å². The average Bonchev–Trinajstić information content (AvgIpc) is 2.46. The lowest BCUT2D eigenvalue weighted by Gasteiger charge is -2.22. The monoisotopic (exact) mass is 265 g/mol. The first-order chi connectivity index (χ1) is 9.72. The summed E-state index contributed by atoms with van der Waals surface area (Å²) in [4.78, 5) is 0. The van der Waals surface area contributed by atoms with Crippen LogP contribution in [0.5, 0.6) is 0 Å². The molecule has 104 valence electrons. The molecule has 0 aliphatic heterocycles. The first kappa shape index (κ1) is 14.5. The number of hydrogen-bond donors (Lipinski definition) is 1. The third kappa shape index (κ3) is 3.58. The summed E-state index contributed by atoms with van der Waals surface area (Å²) in [6.45, 7) is 9.06. The van der Waals surface area contributed by atoms with Crippen molar-refractivity contribution < 1.29 is 0 Å². The van der Waals surface area contributed by atoms with E-state index in [2.05, 4.69) is 74.3 Å². The summed E-state index contributed by atoms with van der Waals surface area (Å²) in [5, 5.41) is 3.64. The van der Waals surface area contributed by atoms with Gasteiger partial charge in [0.25, 0.3) is 0 Å². The molecule has 0 aliphatic carbocycles. The molecule has 0 amide bonds. The Kier molecular flexibility index (Phi) is 5.14. The van der Waals surface area contributed by atoms with Crippen molar-refractivity contribution in [2.75, 3.05) is 6.54 Å². The van der Waals surface area contributed by atoms with Crippen molar-refractivity contribution >= 4 is 0 Å². The lowest BCUT2D eigenvalue weighted by Crippen LogP contribution is -2.24. The van der Waals surface area contributed by atoms with Crippen LogP contribution in [0.3, 0.4) is 0 Å². The maximum absolute atomic E-state index is 3.79. The molecule has 2 aromatic rings. The van der Waals surface area contributed by atoms with E-state index in [1.807, 2.05) is 6.08 Å².